The molecule has 5 aromatic rings. The summed E-state index contributed by atoms with van der Waals surface area (Å²) in [6.45, 7) is 0. The van der Waals surface area contributed by atoms with Crippen molar-refractivity contribution < 1.29 is 13.9 Å². The highest BCUT2D eigenvalue weighted by Gasteiger charge is 2.14. The Bertz CT molecular complexity index is 1400. The first-order chi connectivity index (χ1) is 14.8. The van der Waals surface area contributed by atoms with Gasteiger partial charge >= 0.3 is 0 Å². The van der Waals surface area contributed by atoms with E-state index in [2.05, 4.69) is 4.98 Å². The second-order valence-electron chi connectivity index (χ2n) is 6.73. The van der Waals surface area contributed by atoms with E-state index >= 15 is 0 Å². The van der Waals surface area contributed by atoms with Gasteiger partial charge in [-0.3, -0.25) is 0 Å². The molecule has 0 spiro atoms. The van der Waals surface area contributed by atoms with Crippen molar-refractivity contribution in [3.05, 3.63) is 78.4 Å². The molecule has 0 aliphatic carbocycles. The lowest BCUT2D eigenvalue weighted by Crippen LogP contribution is -2.07. The topological polar surface area (TPSA) is 72.6 Å². The summed E-state index contributed by atoms with van der Waals surface area (Å²) in [7, 11) is 3.24. The summed E-state index contributed by atoms with van der Waals surface area (Å²) in [6, 6.07) is 23.2. The zero-order valence-corrected chi connectivity index (χ0v) is 16.5. The number of benzene rings is 3. The molecule has 148 valence electrons. The fourth-order valence-corrected chi connectivity index (χ4v) is 3.45. The van der Waals surface area contributed by atoms with Gasteiger partial charge in [-0.2, -0.15) is 0 Å². The van der Waals surface area contributed by atoms with Gasteiger partial charge in [-0.25, -0.2) is 9.98 Å². The molecule has 0 saturated carbocycles. The number of H-pyrrole nitrogens is 1. The molecule has 1 N–H and O–H groups in total. The summed E-state index contributed by atoms with van der Waals surface area (Å²) in [5, 5.41) is 0.892. The first-order valence-corrected chi connectivity index (χ1v) is 9.50. The van der Waals surface area contributed by atoms with Crippen LogP contribution in [-0.4, -0.2) is 24.2 Å². The number of hydrogen-bond acceptors (Lipinski definition) is 5. The van der Waals surface area contributed by atoms with Crippen LogP contribution >= 0.6 is 0 Å². The summed E-state index contributed by atoms with van der Waals surface area (Å²) in [5.74, 6) is 1.97. The number of fused-ring (bicyclic) bond motifs is 2. The van der Waals surface area contributed by atoms with Crippen LogP contribution in [0.15, 0.2) is 82.2 Å². The van der Waals surface area contributed by atoms with Crippen molar-refractivity contribution in [2.45, 2.75) is 0 Å². The molecule has 0 atom stereocenters. The predicted molar refractivity (Wildman–Crippen MR) is 116 cm³/mol. The van der Waals surface area contributed by atoms with E-state index in [1.165, 1.54) is 0 Å². The summed E-state index contributed by atoms with van der Waals surface area (Å²) < 4.78 is 17.2. The van der Waals surface area contributed by atoms with Crippen LogP contribution < -0.4 is 15.0 Å². The fraction of sp³-hybridized carbons (Fsp3) is 0.0833. The van der Waals surface area contributed by atoms with Crippen molar-refractivity contribution >= 4 is 27.7 Å². The normalized spacial score (nSPS) is 11.9. The van der Waals surface area contributed by atoms with E-state index < -0.39 is 0 Å². The lowest BCUT2D eigenvalue weighted by atomic mass is 10.1. The highest BCUT2D eigenvalue weighted by atomic mass is 16.5. The molecule has 0 aliphatic heterocycles. The van der Waals surface area contributed by atoms with Gasteiger partial charge in [0.1, 0.15) is 17.3 Å². The largest absolute Gasteiger partial charge is 0.494 e. The average molecular weight is 397 g/mol. The molecule has 2 aromatic heterocycles. The SMILES string of the molecule is COc1ccccc1N=c1oc2c(OC)cccc2cc1-c1nc2ccccc2[nH]1. The van der Waals surface area contributed by atoms with Crippen LogP contribution in [-0.2, 0) is 0 Å². The van der Waals surface area contributed by atoms with E-state index in [9.17, 15) is 0 Å². The number of methoxy groups -OCH3 is 2. The first-order valence-electron chi connectivity index (χ1n) is 9.50. The van der Waals surface area contributed by atoms with E-state index in [1.54, 1.807) is 14.2 Å². The Labute approximate surface area is 172 Å². The van der Waals surface area contributed by atoms with Crippen LogP contribution in [0.1, 0.15) is 0 Å². The van der Waals surface area contributed by atoms with Crippen LogP contribution in [0.2, 0.25) is 0 Å². The number of nitrogens with zero attached hydrogens (tertiary/aromatic N) is 2. The fourth-order valence-electron chi connectivity index (χ4n) is 3.45. The Morgan fingerprint density at radius 3 is 2.47 bits per heavy atom. The number of rotatable bonds is 4. The van der Waals surface area contributed by atoms with Gasteiger partial charge in [0.05, 0.1) is 30.8 Å². The Morgan fingerprint density at radius 2 is 1.63 bits per heavy atom. The minimum Gasteiger partial charge on any atom is -0.494 e. The molecular weight excluding hydrogens is 378 g/mol. The lowest BCUT2D eigenvalue weighted by molar-refractivity contribution is 0.405. The monoisotopic (exact) mass is 397 g/mol. The second kappa shape index (κ2) is 7.40. The van der Waals surface area contributed by atoms with Crippen molar-refractivity contribution in [1.29, 1.82) is 0 Å². The summed E-state index contributed by atoms with van der Waals surface area (Å²) in [4.78, 5) is 12.9. The Balaban J connectivity index is 1.84. The van der Waals surface area contributed by atoms with Crippen molar-refractivity contribution in [3.8, 4) is 22.9 Å². The molecule has 6 nitrogen and oxygen atoms in total. The minimum absolute atomic E-state index is 0.413. The van der Waals surface area contributed by atoms with Crippen LogP contribution in [0.4, 0.5) is 5.69 Å². The molecule has 0 fully saturated rings. The van der Waals surface area contributed by atoms with E-state index in [4.69, 9.17) is 23.9 Å². The molecule has 6 heteroatoms. The lowest BCUT2D eigenvalue weighted by Gasteiger charge is -2.07. The third-order valence-corrected chi connectivity index (χ3v) is 4.91. The van der Waals surface area contributed by atoms with Gasteiger partial charge in [0, 0.05) is 5.39 Å². The molecule has 3 aromatic carbocycles. The maximum Gasteiger partial charge on any atom is 0.231 e. The van der Waals surface area contributed by atoms with E-state index in [0.717, 1.165) is 22.0 Å². The van der Waals surface area contributed by atoms with Gasteiger partial charge in [-0.15, -0.1) is 0 Å². The standard InChI is InChI=1S/C24H19N3O3/c1-28-20-12-6-5-11-19(20)27-24-16(23-25-17-9-3-4-10-18(17)26-23)14-15-8-7-13-21(29-2)22(15)30-24/h3-14H,1-2H3,(H,25,26). The van der Waals surface area contributed by atoms with Crippen LogP contribution in [0.25, 0.3) is 33.4 Å². The van der Waals surface area contributed by atoms with Crippen LogP contribution in [0.3, 0.4) is 0 Å². The maximum atomic E-state index is 6.26. The molecule has 2 heterocycles. The summed E-state index contributed by atoms with van der Waals surface area (Å²) in [6.07, 6.45) is 0. The maximum absolute atomic E-state index is 6.26. The van der Waals surface area contributed by atoms with Crippen molar-refractivity contribution in [1.82, 2.24) is 9.97 Å². The zero-order valence-electron chi connectivity index (χ0n) is 16.5. The number of ether oxygens (including phenoxy) is 2. The smallest absolute Gasteiger partial charge is 0.231 e. The molecule has 0 bridgehead atoms. The molecule has 5 rings (SSSR count). The predicted octanol–water partition coefficient (Wildman–Crippen LogP) is 5.23. The van der Waals surface area contributed by atoms with Gasteiger partial charge in [0.2, 0.25) is 5.55 Å². The Morgan fingerprint density at radius 1 is 0.867 bits per heavy atom. The molecule has 0 saturated heterocycles. The zero-order chi connectivity index (χ0) is 20.5. The Hall–Kier alpha value is -4.06. The van der Waals surface area contributed by atoms with Crippen molar-refractivity contribution in [2.24, 2.45) is 4.99 Å². The van der Waals surface area contributed by atoms with Gasteiger partial charge < -0.3 is 18.9 Å². The highest BCUT2D eigenvalue weighted by molar-refractivity contribution is 5.86. The second-order valence-corrected chi connectivity index (χ2v) is 6.73. The first kappa shape index (κ1) is 18.0. The third-order valence-electron chi connectivity index (χ3n) is 4.91. The molecule has 0 amide bonds. The van der Waals surface area contributed by atoms with E-state index in [1.807, 2.05) is 72.8 Å². The summed E-state index contributed by atoms with van der Waals surface area (Å²) in [5.41, 5.74) is 4.26. The summed E-state index contributed by atoms with van der Waals surface area (Å²) >= 11 is 0. The van der Waals surface area contributed by atoms with Gasteiger partial charge in [-0.05, 0) is 36.4 Å². The number of imidazole rings is 1. The number of aromatic amines is 1. The molecule has 30 heavy (non-hydrogen) atoms. The molecular formula is C24H19N3O3. The number of aromatic nitrogens is 2. The molecule has 0 unspecified atom stereocenters. The van der Waals surface area contributed by atoms with E-state index in [-0.39, 0.29) is 0 Å². The molecule has 0 radical (unpaired) electrons. The highest BCUT2D eigenvalue weighted by Crippen LogP contribution is 2.30. The van der Waals surface area contributed by atoms with Crippen LogP contribution in [0.5, 0.6) is 11.5 Å². The number of hydrogen-bond donors (Lipinski definition) is 1. The number of nitrogens with one attached hydrogen (secondary N) is 1. The minimum atomic E-state index is 0.413. The van der Waals surface area contributed by atoms with E-state index in [0.29, 0.717) is 34.1 Å². The quantitative estimate of drug-likeness (QED) is 0.451. The molecule has 0 aliphatic rings. The van der Waals surface area contributed by atoms with Crippen molar-refractivity contribution in [3.63, 3.8) is 0 Å². The van der Waals surface area contributed by atoms with Crippen molar-refractivity contribution in [2.75, 3.05) is 14.2 Å². The van der Waals surface area contributed by atoms with Gasteiger partial charge in [0.25, 0.3) is 0 Å². The van der Waals surface area contributed by atoms with Gasteiger partial charge in [-0.1, -0.05) is 36.4 Å². The van der Waals surface area contributed by atoms with Crippen LogP contribution in [0, 0.1) is 0 Å². The van der Waals surface area contributed by atoms with Gasteiger partial charge in [0.15, 0.2) is 11.3 Å². The Kier molecular flexibility index (Phi) is 4.44. The third kappa shape index (κ3) is 3.08. The average Bonchev–Trinajstić information content (AvgIpc) is 3.22. The number of para-hydroxylation sites is 5.